The molecule has 1 aliphatic rings. The first-order valence-corrected chi connectivity index (χ1v) is 8.83. The van der Waals surface area contributed by atoms with Crippen molar-refractivity contribution in [3.8, 4) is 11.1 Å². The van der Waals surface area contributed by atoms with Gasteiger partial charge in [0.2, 0.25) is 0 Å². The number of esters is 1. The Labute approximate surface area is 157 Å². The van der Waals surface area contributed by atoms with Crippen LogP contribution in [-0.2, 0) is 4.74 Å². The molecule has 2 aromatic rings. The lowest BCUT2D eigenvalue weighted by Crippen LogP contribution is -2.23. The molecular weight excluding hydrogens is 344 g/mol. The minimum atomic E-state index is -0.609. The summed E-state index contributed by atoms with van der Waals surface area (Å²) < 4.78 is 4.73. The zero-order valence-corrected chi connectivity index (χ0v) is 15.3. The van der Waals surface area contributed by atoms with Crippen molar-refractivity contribution in [3.63, 3.8) is 0 Å². The fraction of sp³-hybridized carbons (Fsp3) is 0.273. The molecule has 0 unspecified atom stereocenters. The molecule has 1 aliphatic carbocycles. The molecule has 0 saturated heterocycles. The average molecular weight is 364 g/mol. The van der Waals surface area contributed by atoms with Gasteiger partial charge in [0.1, 0.15) is 0 Å². The van der Waals surface area contributed by atoms with Gasteiger partial charge >= 0.3 is 5.97 Å². The first-order chi connectivity index (χ1) is 13.0. The van der Waals surface area contributed by atoms with Crippen molar-refractivity contribution < 1.29 is 23.9 Å². The summed E-state index contributed by atoms with van der Waals surface area (Å²) in [6.45, 7) is 1.44. The second kappa shape index (κ2) is 7.66. The van der Waals surface area contributed by atoms with Gasteiger partial charge in [0.15, 0.2) is 17.9 Å². The Bertz CT molecular complexity index is 938. The largest absolute Gasteiger partial charge is 0.465 e. The van der Waals surface area contributed by atoms with Crippen molar-refractivity contribution in [2.24, 2.45) is 5.92 Å². The van der Waals surface area contributed by atoms with Gasteiger partial charge in [0.25, 0.3) is 0 Å². The third-order valence-corrected chi connectivity index (χ3v) is 5.06. The number of hydrogen-bond acceptors (Lipinski definition) is 5. The van der Waals surface area contributed by atoms with Crippen LogP contribution in [0.25, 0.3) is 11.1 Å². The second-order valence-electron chi connectivity index (χ2n) is 6.72. The Balaban J connectivity index is 2.06. The maximum atomic E-state index is 12.6. The monoisotopic (exact) mass is 364 g/mol. The molecule has 0 bridgehead atoms. The lowest BCUT2D eigenvalue weighted by Gasteiger charge is -2.24. The van der Waals surface area contributed by atoms with Gasteiger partial charge in [-0.3, -0.25) is 14.4 Å². The Morgan fingerprint density at radius 3 is 2.11 bits per heavy atom. The van der Waals surface area contributed by atoms with Crippen LogP contribution >= 0.6 is 0 Å². The summed E-state index contributed by atoms with van der Waals surface area (Å²) in [5.41, 5.74) is 2.56. The van der Waals surface area contributed by atoms with Crippen molar-refractivity contribution in [1.29, 1.82) is 0 Å². The lowest BCUT2D eigenvalue weighted by atomic mass is 9.78. The number of carbonyl (C=O) groups excluding carboxylic acids is 4. The van der Waals surface area contributed by atoms with Crippen LogP contribution in [0, 0.1) is 5.92 Å². The molecule has 1 saturated carbocycles. The minimum absolute atomic E-state index is 0.00625. The number of aldehydes is 1. The average Bonchev–Trinajstić information content (AvgIpc) is 2.64. The summed E-state index contributed by atoms with van der Waals surface area (Å²) in [7, 11) is 1.25. The molecule has 2 aromatic carbocycles. The molecule has 0 aliphatic heterocycles. The van der Waals surface area contributed by atoms with Crippen LogP contribution in [0.1, 0.15) is 67.6 Å². The number of hydrogen-bond donors (Lipinski definition) is 0. The molecule has 0 atom stereocenters. The molecule has 1 fully saturated rings. The van der Waals surface area contributed by atoms with Crippen LogP contribution in [0.15, 0.2) is 36.4 Å². The number of Topliss-reactive ketones (excluding diaryl/α,β-unsaturated/α-hetero) is 2. The predicted octanol–water partition coefficient (Wildman–Crippen LogP) is 4.14. The Kier molecular flexibility index (Phi) is 5.31. The Hall–Kier alpha value is -3.08. The first-order valence-electron chi connectivity index (χ1n) is 8.83. The Morgan fingerprint density at radius 2 is 1.59 bits per heavy atom. The molecule has 5 heteroatoms. The molecule has 138 valence electrons. The van der Waals surface area contributed by atoms with Crippen LogP contribution in [0.4, 0.5) is 0 Å². The van der Waals surface area contributed by atoms with Crippen molar-refractivity contribution in [3.05, 3.63) is 58.7 Å². The molecule has 3 rings (SSSR count). The summed E-state index contributed by atoms with van der Waals surface area (Å²) in [5, 5.41) is 0. The maximum absolute atomic E-state index is 12.6. The quantitative estimate of drug-likeness (QED) is 0.437. The highest BCUT2D eigenvalue weighted by Crippen LogP contribution is 2.32. The molecule has 0 radical (unpaired) electrons. The van der Waals surface area contributed by atoms with Crippen LogP contribution in [0.2, 0.25) is 0 Å². The van der Waals surface area contributed by atoms with E-state index in [1.807, 2.05) is 0 Å². The van der Waals surface area contributed by atoms with Crippen molar-refractivity contribution in [2.45, 2.75) is 26.2 Å². The summed E-state index contributed by atoms with van der Waals surface area (Å²) in [6, 6.07) is 9.90. The molecule has 0 N–H and O–H groups in total. The van der Waals surface area contributed by atoms with Crippen LogP contribution in [0.3, 0.4) is 0 Å². The van der Waals surface area contributed by atoms with Gasteiger partial charge in [-0.2, -0.15) is 0 Å². The van der Waals surface area contributed by atoms with Crippen molar-refractivity contribution in [1.82, 2.24) is 0 Å². The van der Waals surface area contributed by atoms with Crippen LogP contribution in [-0.4, -0.2) is 30.9 Å². The molecule has 0 aromatic heterocycles. The number of rotatable bonds is 6. The number of benzene rings is 2. The van der Waals surface area contributed by atoms with Gasteiger partial charge < -0.3 is 4.74 Å². The topological polar surface area (TPSA) is 77.5 Å². The van der Waals surface area contributed by atoms with Gasteiger partial charge in [0, 0.05) is 22.6 Å². The third-order valence-electron chi connectivity index (χ3n) is 5.06. The summed E-state index contributed by atoms with van der Waals surface area (Å²) in [4.78, 5) is 47.8. The zero-order valence-electron chi connectivity index (χ0n) is 15.3. The number of methoxy groups -OCH3 is 1. The van der Waals surface area contributed by atoms with Gasteiger partial charge in [-0.05, 0) is 43.0 Å². The first kappa shape index (κ1) is 18.7. The van der Waals surface area contributed by atoms with E-state index in [4.69, 9.17) is 4.74 Å². The SMILES string of the molecule is COC(=O)c1cc(-c2ccc(C(=O)C3CCC3)c(C(C)=O)c2)ccc1C=O. The van der Waals surface area contributed by atoms with E-state index in [-0.39, 0.29) is 28.6 Å². The highest BCUT2D eigenvalue weighted by molar-refractivity contribution is 6.10. The Morgan fingerprint density at radius 1 is 0.963 bits per heavy atom. The predicted molar refractivity (Wildman–Crippen MR) is 100 cm³/mol. The molecular formula is C22H20O5. The number of carbonyl (C=O) groups is 4. The van der Waals surface area contributed by atoms with E-state index in [9.17, 15) is 19.2 Å². The van der Waals surface area contributed by atoms with E-state index in [0.717, 1.165) is 19.3 Å². The van der Waals surface area contributed by atoms with Gasteiger partial charge in [-0.15, -0.1) is 0 Å². The molecule has 0 amide bonds. The summed E-state index contributed by atoms with van der Waals surface area (Å²) in [6.07, 6.45) is 3.38. The normalized spacial score (nSPS) is 13.6. The van der Waals surface area contributed by atoms with Crippen LogP contribution in [0.5, 0.6) is 0 Å². The van der Waals surface area contributed by atoms with Gasteiger partial charge in [-0.25, -0.2) is 4.79 Å². The maximum Gasteiger partial charge on any atom is 0.338 e. The van der Waals surface area contributed by atoms with Crippen molar-refractivity contribution in [2.75, 3.05) is 7.11 Å². The number of ketones is 2. The van der Waals surface area contributed by atoms with E-state index < -0.39 is 5.97 Å². The van der Waals surface area contributed by atoms with Crippen molar-refractivity contribution >= 4 is 23.8 Å². The fourth-order valence-corrected chi connectivity index (χ4v) is 3.25. The number of ether oxygens (including phenoxy) is 1. The fourth-order valence-electron chi connectivity index (χ4n) is 3.25. The lowest BCUT2D eigenvalue weighted by molar-refractivity contribution is 0.0598. The van der Waals surface area contributed by atoms with Crippen LogP contribution < -0.4 is 0 Å². The van der Waals surface area contributed by atoms with E-state index in [1.165, 1.54) is 20.1 Å². The van der Waals surface area contributed by atoms with E-state index in [0.29, 0.717) is 28.5 Å². The van der Waals surface area contributed by atoms with E-state index in [2.05, 4.69) is 0 Å². The van der Waals surface area contributed by atoms with Gasteiger partial charge in [-0.1, -0.05) is 30.7 Å². The molecule has 27 heavy (non-hydrogen) atoms. The standard InChI is InChI=1S/C22H20O5/c1-13(24)19-10-16(8-9-18(19)21(25)14-4-3-5-14)15-6-7-17(12-23)20(11-15)22(26)27-2/h6-12,14H,3-5H2,1-2H3. The summed E-state index contributed by atoms with van der Waals surface area (Å²) in [5.74, 6) is -0.768. The minimum Gasteiger partial charge on any atom is -0.465 e. The van der Waals surface area contributed by atoms with Gasteiger partial charge in [0.05, 0.1) is 12.7 Å². The smallest absolute Gasteiger partial charge is 0.338 e. The highest BCUT2D eigenvalue weighted by Gasteiger charge is 2.28. The van der Waals surface area contributed by atoms with E-state index >= 15 is 0 Å². The molecule has 5 nitrogen and oxygen atoms in total. The molecule has 0 heterocycles. The third kappa shape index (κ3) is 3.58. The highest BCUT2D eigenvalue weighted by atomic mass is 16.5. The zero-order chi connectivity index (χ0) is 19.6. The van der Waals surface area contributed by atoms with E-state index in [1.54, 1.807) is 30.3 Å². The second-order valence-corrected chi connectivity index (χ2v) is 6.72. The molecule has 0 spiro atoms. The summed E-state index contributed by atoms with van der Waals surface area (Å²) >= 11 is 0.